The third-order valence-corrected chi connectivity index (χ3v) is 3.30. The molecule has 0 unspecified atom stereocenters. The summed E-state index contributed by atoms with van der Waals surface area (Å²) in [6.45, 7) is 0.540. The number of nitriles is 1. The number of nitrogens with zero attached hydrogens (tertiary/aromatic N) is 1. The van der Waals surface area contributed by atoms with E-state index in [1.807, 2.05) is 6.07 Å². The molecule has 2 rings (SSSR count). The maximum absolute atomic E-state index is 10.9. The summed E-state index contributed by atoms with van der Waals surface area (Å²) in [5, 5.41) is 19.2. The van der Waals surface area contributed by atoms with Crippen LogP contribution >= 0.6 is 11.3 Å². The Morgan fingerprint density at radius 3 is 2.55 bits per heavy atom. The van der Waals surface area contributed by atoms with Crippen LogP contribution in [0.25, 0.3) is 0 Å². The molecule has 0 saturated heterocycles. The summed E-state index contributed by atoms with van der Waals surface area (Å²) in [5.74, 6) is -0.00897. The maximum Gasteiger partial charge on any atom is 0.349 e. The van der Waals surface area contributed by atoms with Gasteiger partial charge in [0, 0.05) is 0 Å². The molecule has 1 aromatic heterocycles. The lowest BCUT2D eigenvalue weighted by atomic mass is 10.2. The highest BCUT2D eigenvalue weighted by Gasteiger charge is 2.12. The second kappa shape index (κ2) is 6.59. The van der Waals surface area contributed by atoms with Crippen molar-refractivity contribution in [1.82, 2.24) is 0 Å². The first-order valence-electron chi connectivity index (χ1n) is 5.77. The lowest BCUT2D eigenvalue weighted by molar-refractivity contribution is 0.0697. The van der Waals surface area contributed by atoms with Gasteiger partial charge in [-0.3, -0.25) is 0 Å². The Morgan fingerprint density at radius 2 is 1.90 bits per heavy atom. The summed E-state index contributed by atoms with van der Waals surface area (Å²) in [7, 11) is 0. The van der Waals surface area contributed by atoms with E-state index in [4.69, 9.17) is 19.8 Å². The van der Waals surface area contributed by atoms with Crippen LogP contribution in [-0.4, -0.2) is 24.3 Å². The minimum atomic E-state index is -0.997. The number of carboxylic acid groups (broad SMARTS) is 1. The quantitative estimate of drug-likeness (QED) is 0.827. The van der Waals surface area contributed by atoms with Gasteiger partial charge in [-0.05, 0) is 35.7 Å². The lowest BCUT2D eigenvalue weighted by Gasteiger charge is -2.07. The molecule has 102 valence electrons. The van der Waals surface area contributed by atoms with Gasteiger partial charge < -0.3 is 14.6 Å². The second-order valence-electron chi connectivity index (χ2n) is 3.75. The van der Waals surface area contributed by atoms with Crippen LogP contribution in [0.2, 0.25) is 0 Å². The molecule has 0 radical (unpaired) electrons. The van der Waals surface area contributed by atoms with Gasteiger partial charge in [0.2, 0.25) is 0 Å². The molecule has 0 spiro atoms. The van der Waals surface area contributed by atoms with Crippen LogP contribution in [0.5, 0.6) is 11.5 Å². The fourth-order valence-electron chi connectivity index (χ4n) is 1.50. The van der Waals surface area contributed by atoms with E-state index in [0.29, 0.717) is 23.7 Å². The van der Waals surface area contributed by atoms with Crippen molar-refractivity contribution in [3.8, 4) is 17.6 Å². The number of hydrogen-bond donors (Lipinski definition) is 1. The first-order valence-corrected chi connectivity index (χ1v) is 6.65. The minimum Gasteiger partial charge on any atom is -0.490 e. The molecule has 1 N–H and O–H groups in total. The largest absolute Gasteiger partial charge is 0.490 e. The Kier molecular flexibility index (Phi) is 4.58. The minimum absolute atomic E-state index is 0.184. The Hall–Kier alpha value is -2.52. The summed E-state index contributed by atoms with van der Waals surface area (Å²) in [4.78, 5) is 11.1. The van der Waals surface area contributed by atoms with Gasteiger partial charge in [0.1, 0.15) is 24.7 Å². The number of ether oxygens (including phenoxy) is 2. The molecule has 0 aliphatic heterocycles. The van der Waals surface area contributed by atoms with Crippen LogP contribution in [0.1, 0.15) is 15.2 Å². The van der Waals surface area contributed by atoms with Crippen LogP contribution < -0.4 is 9.47 Å². The second-order valence-corrected chi connectivity index (χ2v) is 4.67. The highest BCUT2D eigenvalue weighted by Crippen LogP contribution is 2.24. The highest BCUT2D eigenvalue weighted by atomic mass is 32.1. The Morgan fingerprint density at radius 1 is 1.20 bits per heavy atom. The first-order chi connectivity index (χ1) is 9.70. The molecule has 0 fully saturated rings. The number of carboxylic acids is 1. The molecule has 0 bridgehead atoms. The van der Waals surface area contributed by atoms with Crippen LogP contribution in [-0.2, 0) is 0 Å². The molecule has 2 aromatic rings. The van der Waals surface area contributed by atoms with Gasteiger partial charge in [0.05, 0.1) is 11.6 Å². The topological polar surface area (TPSA) is 79.5 Å². The number of hydrogen-bond acceptors (Lipinski definition) is 5. The van der Waals surface area contributed by atoms with E-state index in [1.165, 1.54) is 0 Å². The zero-order valence-corrected chi connectivity index (χ0v) is 11.2. The molecular formula is C14H11NO4S. The zero-order valence-electron chi connectivity index (χ0n) is 10.4. The van der Waals surface area contributed by atoms with Crippen LogP contribution in [0.3, 0.4) is 0 Å². The van der Waals surface area contributed by atoms with Crippen molar-refractivity contribution in [1.29, 1.82) is 5.26 Å². The van der Waals surface area contributed by atoms with Gasteiger partial charge in [-0.1, -0.05) is 0 Å². The first kappa shape index (κ1) is 13.9. The number of aromatic carboxylic acids is 1. The van der Waals surface area contributed by atoms with Gasteiger partial charge in [-0.25, -0.2) is 4.79 Å². The van der Waals surface area contributed by atoms with Crippen molar-refractivity contribution in [2.24, 2.45) is 0 Å². The molecule has 0 saturated carbocycles. The van der Waals surface area contributed by atoms with Crippen LogP contribution in [0.4, 0.5) is 0 Å². The van der Waals surface area contributed by atoms with Crippen molar-refractivity contribution >= 4 is 17.3 Å². The van der Waals surface area contributed by atoms with E-state index in [9.17, 15) is 4.79 Å². The third kappa shape index (κ3) is 3.49. The van der Waals surface area contributed by atoms with Crippen LogP contribution in [0, 0.1) is 11.3 Å². The summed E-state index contributed by atoms with van der Waals surface area (Å²) in [6.07, 6.45) is 0. The third-order valence-electron chi connectivity index (χ3n) is 2.42. The fourth-order valence-corrected chi connectivity index (χ4v) is 2.18. The normalized spacial score (nSPS) is 9.75. The molecule has 0 amide bonds. The summed E-state index contributed by atoms with van der Waals surface area (Å²) in [6, 6.07) is 10.4. The highest BCUT2D eigenvalue weighted by molar-refractivity contribution is 7.12. The van der Waals surface area contributed by atoms with E-state index in [-0.39, 0.29) is 11.5 Å². The number of carbonyl (C=O) groups is 1. The van der Waals surface area contributed by atoms with Gasteiger partial charge in [-0.2, -0.15) is 5.26 Å². The Labute approximate surface area is 119 Å². The van der Waals surface area contributed by atoms with Crippen molar-refractivity contribution in [2.75, 3.05) is 13.2 Å². The predicted molar refractivity (Wildman–Crippen MR) is 73.4 cm³/mol. The molecule has 1 heterocycles. The maximum atomic E-state index is 10.9. The van der Waals surface area contributed by atoms with E-state index in [2.05, 4.69) is 0 Å². The van der Waals surface area contributed by atoms with Crippen molar-refractivity contribution in [3.63, 3.8) is 0 Å². The van der Waals surface area contributed by atoms with Crippen molar-refractivity contribution in [3.05, 3.63) is 46.2 Å². The summed E-state index contributed by atoms with van der Waals surface area (Å²) < 4.78 is 10.8. The van der Waals surface area contributed by atoms with E-state index >= 15 is 0 Å². The predicted octanol–water partition coefficient (Wildman–Crippen LogP) is 2.78. The molecule has 0 aliphatic rings. The summed E-state index contributed by atoms with van der Waals surface area (Å²) >= 11 is 1.12. The van der Waals surface area contributed by atoms with Gasteiger partial charge >= 0.3 is 5.97 Å². The molecule has 5 nitrogen and oxygen atoms in total. The van der Waals surface area contributed by atoms with Gasteiger partial charge in [-0.15, -0.1) is 11.3 Å². The fraction of sp³-hybridized carbons (Fsp3) is 0.143. The van der Waals surface area contributed by atoms with Gasteiger partial charge in [0.25, 0.3) is 0 Å². The molecular weight excluding hydrogens is 278 g/mol. The SMILES string of the molecule is N#Cc1ccc(OCCOc2ccsc2C(=O)O)cc1. The summed E-state index contributed by atoms with van der Waals surface area (Å²) in [5.41, 5.74) is 0.568. The molecule has 6 heteroatoms. The van der Waals surface area contributed by atoms with Crippen molar-refractivity contribution in [2.45, 2.75) is 0 Å². The average Bonchev–Trinajstić information content (AvgIpc) is 2.93. The number of benzene rings is 1. The van der Waals surface area contributed by atoms with Crippen molar-refractivity contribution < 1.29 is 19.4 Å². The van der Waals surface area contributed by atoms with Crippen LogP contribution in [0.15, 0.2) is 35.7 Å². The van der Waals surface area contributed by atoms with Gasteiger partial charge in [0.15, 0.2) is 4.88 Å². The molecule has 0 aliphatic carbocycles. The zero-order chi connectivity index (χ0) is 14.4. The smallest absolute Gasteiger partial charge is 0.349 e. The molecule has 0 atom stereocenters. The average molecular weight is 289 g/mol. The standard InChI is InChI=1S/C14H11NO4S/c15-9-10-1-3-11(4-2-10)18-6-7-19-12-5-8-20-13(12)14(16)17/h1-5,8H,6-7H2,(H,16,17). The number of thiophene rings is 1. The Bertz CT molecular complexity index is 627. The van der Waals surface area contributed by atoms with E-state index in [1.54, 1.807) is 35.7 Å². The molecule has 20 heavy (non-hydrogen) atoms. The molecule has 1 aromatic carbocycles. The lowest BCUT2D eigenvalue weighted by Crippen LogP contribution is -2.10. The van der Waals surface area contributed by atoms with E-state index in [0.717, 1.165) is 11.3 Å². The van der Waals surface area contributed by atoms with E-state index < -0.39 is 5.97 Å². The Balaban J connectivity index is 1.80. The monoisotopic (exact) mass is 289 g/mol. The number of rotatable bonds is 6.